The van der Waals surface area contributed by atoms with E-state index in [4.69, 9.17) is 0 Å². The zero-order valence-electron chi connectivity index (χ0n) is 10.0. The van der Waals surface area contributed by atoms with Gasteiger partial charge < -0.3 is 5.32 Å². The van der Waals surface area contributed by atoms with Gasteiger partial charge in [0.05, 0.1) is 5.56 Å². The fourth-order valence-electron chi connectivity index (χ4n) is 1.54. The Morgan fingerprint density at radius 3 is 2.56 bits per heavy atom. The van der Waals surface area contributed by atoms with E-state index in [-0.39, 0.29) is 18.2 Å². The van der Waals surface area contributed by atoms with Crippen LogP contribution in [0.4, 0.5) is 17.6 Å². The van der Waals surface area contributed by atoms with Crippen LogP contribution in [0.1, 0.15) is 24.5 Å². The van der Waals surface area contributed by atoms with Crippen LogP contribution in [-0.4, -0.2) is 6.04 Å². The molecule has 1 N–H and O–H groups in total. The van der Waals surface area contributed by atoms with Gasteiger partial charge >= 0.3 is 6.18 Å². The van der Waals surface area contributed by atoms with Crippen LogP contribution in [0, 0.1) is 5.82 Å². The van der Waals surface area contributed by atoms with Crippen molar-refractivity contribution in [2.24, 2.45) is 0 Å². The third-order valence-corrected chi connectivity index (χ3v) is 2.46. The molecule has 0 saturated carbocycles. The molecule has 0 aliphatic rings. The summed E-state index contributed by atoms with van der Waals surface area (Å²) in [6.45, 7) is 5.64. The lowest BCUT2D eigenvalue weighted by Gasteiger charge is -2.13. The van der Waals surface area contributed by atoms with Crippen molar-refractivity contribution in [2.45, 2.75) is 32.1 Å². The first-order valence-corrected chi connectivity index (χ1v) is 5.54. The second-order valence-electron chi connectivity index (χ2n) is 4.15. The van der Waals surface area contributed by atoms with Crippen molar-refractivity contribution in [3.05, 3.63) is 47.8 Å². The van der Waals surface area contributed by atoms with Gasteiger partial charge in [-0.2, -0.15) is 13.2 Å². The topological polar surface area (TPSA) is 12.0 Å². The number of benzene rings is 1. The largest absolute Gasteiger partial charge is 0.416 e. The molecule has 0 aliphatic carbocycles. The molecule has 1 nitrogen and oxygen atoms in total. The predicted molar refractivity (Wildman–Crippen MR) is 62.5 cm³/mol. The molecule has 0 heterocycles. The molecule has 1 rings (SSSR count). The van der Waals surface area contributed by atoms with Crippen molar-refractivity contribution in [1.29, 1.82) is 0 Å². The van der Waals surface area contributed by atoms with Crippen molar-refractivity contribution >= 4 is 0 Å². The van der Waals surface area contributed by atoms with E-state index < -0.39 is 17.6 Å². The Kier molecular flexibility index (Phi) is 4.90. The first-order valence-electron chi connectivity index (χ1n) is 5.54. The molecule has 1 aromatic rings. The number of alkyl halides is 3. The molecule has 0 fully saturated rings. The normalized spacial score (nSPS) is 13.4. The Balaban J connectivity index is 2.77. The summed E-state index contributed by atoms with van der Waals surface area (Å²) in [5.74, 6) is -0.877. The van der Waals surface area contributed by atoms with Gasteiger partial charge in [-0.25, -0.2) is 4.39 Å². The van der Waals surface area contributed by atoms with Gasteiger partial charge in [-0.15, -0.1) is 6.58 Å². The first kappa shape index (κ1) is 14.7. The minimum atomic E-state index is -4.52. The lowest BCUT2D eigenvalue weighted by molar-refractivity contribution is -0.137. The molecule has 5 heteroatoms. The highest BCUT2D eigenvalue weighted by atomic mass is 19.4. The maximum absolute atomic E-state index is 13.1. The monoisotopic (exact) mass is 261 g/mol. The molecular weight excluding hydrogens is 246 g/mol. The van der Waals surface area contributed by atoms with E-state index in [9.17, 15) is 17.6 Å². The van der Waals surface area contributed by atoms with E-state index in [0.717, 1.165) is 12.1 Å². The lowest BCUT2D eigenvalue weighted by atomic mass is 10.1. The SMILES string of the molecule is C=CCC(C)NCc1cc(F)cc(C(F)(F)F)c1. The van der Waals surface area contributed by atoms with Crippen LogP contribution in [-0.2, 0) is 12.7 Å². The molecule has 1 unspecified atom stereocenters. The molecule has 0 saturated heterocycles. The van der Waals surface area contributed by atoms with Crippen LogP contribution in [0.25, 0.3) is 0 Å². The van der Waals surface area contributed by atoms with E-state index in [1.165, 1.54) is 0 Å². The van der Waals surface area contributed by atoms with E-state index in [2.05, 4.69) is 11.9 Å². The molecule has 0 aromatic heterocycles. The summed E-state index contributed by atoms with van der Waals surface area (Å²) in [6.07, 6.45) is -2.12. The number of nitrogens with one attached hydrogen (secondary N) is 1. The summed E-state index contributed by atoms with van der Waals surface area (Å²) in [4.78, 5) is 0. The number of hydrogen-bond acceptors (Lipinski definition) is 1. The van der Waals surface area contributed by atoms with Crippen LogP contribution in [0.5, 0.6) is 0 Å². The van der Waals surface area contributed by atoms with Crippen LogP contribution in [0.2, 0.25) is 0 Å². The summed E-state index contributed by atoms with van der Waals surface area (Å²) in [5, 5.41) is 3.00. The smallest absolute Gasteiger partial charge is 0.310 e. The van der Waals surface area contributed by atoms with Crippen LogP contribution in [0.15, 0.2) is 30.9 Å². The maximum atomic E-state index is 13.1. The summed E-state index contributed by atoms with van der Waals surface area (Å²) >= 11 is 0. The number of hydrogen-bond donors (Lipinski definition) is 1. The van der Waals surface area contributed by atoms with Gasteiger partial charge in [0.1, 0.15) is 5.82 Å². The highest BCUT2D eigenvalue weighted by molar-refractivity contribution is 5.26. The summed E-state index contributed by atoms with van der Waals surface area (Å²) < 4.78 is 50.5. The third kappa shape index (κ3) is 4.49. The molecule has 0 aliphatic heterocycles. The molecule has 18 heavy (non-hydrogen) atoms. The molecule has 0 bridgehead atoms. The molecule has 0 spiro atoms. The quantitative estimate of drug-likeness (QED) is 0.626. The summed E-state index contributed by atoms with van der Waals surface area (Å²) in [7, 11) is 0. The first-order chi connectivity index (χ1) is 8.32. The second-order valence-corrected chi connectivity index (χ2v) is 4.15. The number of halogens is 4. The molecule has 1 atom stereocenters. The van der Waals surface area contributed by atoms with Gasteiger partial charge in [0.2, 0.25) is 0 Å². The Morgan fingerprint density at radius 1 is 1.33 bits per heavy atom. The molecule has 0 amide bonds. The average molecular weight is 261 g/mol. The van der Waals surface area contributed by atoms with E-state index in [1.807, 2.05) is 6.92 Å². The van der Waals surface area contributed by atoms with E-state index >= 15 is 0 Å². The van der Waals surface area contributed by atoms with Gasteiger partial charge in [0, 0.05) is 12.6 Å². The van der Waals surface area contributed by atoms with Crippen molar-refractivity contribution < 1.29 is 17.6 Å². The van der Waals surface area contributed by atoms with E-state index in [0.29, 0.717) is 12.5 Å². The fraction of sp³-hybridized carbons (Fsp3) is 0.385. The summed E-state index contributed by atoms with van der Waals surface area (Å²) in [5.41, 5.74) is -0.686. The molecule has 1 aromatic carbocycles. The Hall–Kier alpha value is -1.36. The van der Waals surface area contributed by atoms with Crippen molar-refractivity contribution in [1.82, 2.24) is 5.32 Å². The lowest BCUT2D eigenvalue weighted by Crippen LogP contribution is -2.25. The fourth-order valence-corrected chi connectivity index (χ4v) is 1.54. The van der Waals surface area contributed by atoms with Gasteiger partial charge in [-0.1, -0.05) is 6.08 Å². The molecule has 100 valence electrons. The third-order valence-electron chi connectivity index (χ3n) is 2.46. The zero-order valence-corrected chi connectivity index (χ0v) is 10.0. The van der Waals surface area contributed by atoms with Crippen molar-refractivity contribution in [2.75, 3.05) is 0 Å². The van der Waals surface area contributed by atoms with Gasteiger partial charge in [-0.3, -0.25) is 0 Å². The minimum Gasteiger partial charge on any atom is -0.310 e. The molecule has 0 radical (unpaired) electrons. The highest BCUT2D eigenvalue weighted by Gasteiger charge is 2.31. The van der Waals surface area contributed by atoms with Crippen LogP contribution >= 0.6 is 0 Å². The Labute approximate surface area is 104 Å². The second kappa shape index (κ2) is 6.00. The average Bonchev–Trinajstić information content (AvgIpc) is 2.25. The summed E-state index contributed by atoms with van der Waals surface area (Å²) in [6, 6.07) is 2.64. The maximum Gasteiger partial charge on any atom is 0.416 e. The predicted octanol–water partition coefficient (Wildman–Crippen LogP) is 3.90. The van der Waals surface area contributed by atoms with Crippen LogP contribution in [0.3, 0.4) is 0 Å². The van der Waals surface area contributed by atoms with E-state index in [1.54, 1.807) is 6.08 Å². The zero-order chi connectivity index (χ0) is 13.8. The van der Waals surface area contributed by atoms with Gasteiger partial charge in [0.15, 0.2) is 0 Å². The minimum absolute atomic E-state index is 0.0834. The van der Waals surface area contributed by atoms with Gasteiger partial charge in [-0.05, 0) is 37.1 Å². The number of rotatable bonds is 5. The highest BCUT2D eigenvalue weighted by Crippen LogP contribution is 2.30. The van der Waals surface area contributed by atoms with Crippen LogP contribution < -0.4 is 5.32 Å². The van der Waals surface area contributed by atoms with Gasteiger partial charge in [0.25, 0.3) is 0 Å². The standard InChI is InChI=1S/C13H15F4N/c1-3-4-9(2)18-8-10-5-11(13(15,16)17)7-12(14)6-10/h3,5-7,9,18H,1,4,8H2,2H3. The Bertz CT molecular complexity index is 412. The van der Waals surface area contributed by atoms with Crippen molar-refractivity contribution in [3.63, 3.8) is 0 Å². The molecular formula is C13H15F4N. The Morgan fingerprint density at radius 2 is 2.00 bits per heavy atom. The van der Waals surface area contributed by atoms with Crippen molar-refractivity contribution in [3.8, 4) is 0 Å².